The first-order chi connectivity index (χ1) is 17.2. The van der Waals surface area contributed by atoms with Crippen LogP contribution >= 0.6 is 11.8 Å². The predicted molar refractivity (Wildman–Crippen MR) is 136 cm³/mol. The first-order valence-electron chi connectivity index (χ1n) is 11.4. The van der Waals surface area contributed by atoms with E-state index in [1.807, 2.05) is 60.7 Å². The summed E-state index contributed by atoms with van der Waals surface area (Å²) in [5.74, 6) is 0.0282. The maximum Gasteiger partial charge on any atom is 0.241 e. The van der Waals surface area contributed by atoms with Crippen LogP contribution in [0.1, 0.15) is 30.9 Å². The SMILES string of the molecule is N#CC1=C(SCC(=O)N(c2ccccc2)c2ccccc2)NC2=C(C(=O)CCC2)[C@H]1c1ccco1. The van der Waals surface area contributed by atoms with E-state index < -0.39 is 5.92 Å². The molecule has 1 aromatic heterocycles. The highest BCUT2D eigenvalue weighted by molar-refractivity contribution is 8.03. The molecular formula is C28H23N3O3S. The van der Waals surface area contributed by atoms with E-state index >= 15 is 0 Å². The number of benzene rings is 2. The van der Waals surface area contributed by atoms with Crippen molar-refractivity contribution in [1.29, 1.82) is 5.26 Å². The van der Waals surface area contributed by atoms with Crippen molar-refractivity contribution in [3.05, 3.63) is 107 Å². The van der Waals surface area contributed by atoms with Gasteiger partial charge >= 0.3 is 0 Å². The van der Waals surface area contributed by atoms with Crippen molar-refractivity contribution in [2.75, 3.05) is 10.7 Å². The molecule has 1 N–H and O–H groups in total. The molecule has 7 heteroatoms. The van der Waals surface area contributed by atoms with Gasteiger partial charge in [0.1, 0.15) is 5.76 Å². The fraction of sp³-hybridized carbons (Fsp3) is 0.179. The molecule has 0 saturated carbocycles. The molecule has 5 rings (SSSR count). The number of anilines is 2. The van der Waals surface area contributed by atoms with Crippen LogP contribution in [-0.4, -0.2) is 17.4 Å². The molecule has 1 aliphatic heterocycles. The van der Waals surface area contributed by atoms with Crippen LogP contribution in [0, 0.1) is 11.3 Å². The number of hydrogen-bond acceptors (Lipinski definition) is 6. The molecule has 6 nitrogen and oxygen atoms in total. The van der Waals surface area contributed by atoms with E-state index in [4.69, 9.17) is 4.42 Å². The molecule has 2 aliphatic rings. The summed E-state index contributed by atoms with van der Waals surface area (Å²) < 4.78 is 5.65. The van der Waals surface area contributed by atoms with Gasteiger partial charge in [0, 0.05) is 29.1 Å². The average molecular weight is 482 g/mol. The number of dihydropyridines is 1. The smallest absolute Gasteiger partial charge is 0.241 e. The molecule has 174 valence electrons. The lowest BCUT2D eigenvalue weighted by Gasteiger charge is -2.32. The number of nitrogens with one attached hydrogen (secondary N) is 1. The second kappa shape index (κ2) is 10.1. The van der Waals surface area contributed by atoms with Crippen molar-refractivity contribution in [3.63, 3.8) is 0 Å². The summed E-state index contributed by atoms with van der Waals surface area (Å²) in [4.78, 5) is 28.0. The van der Waals surface area contributed by atoms with Gasteiger partial charge in [0.2, 0.25) is 5.91 Å². The molecule has 0 bridgehead atoms. The maximum atomic E-state index is 13.5. The summed E-state index contributed by atoms with van der Waals surface area (Å²) in [6, 6.07) is 24.8. The number of thioether (sulfide) groups is 1. The Kier molecular flexibility index (Phi) is 6.55. The number of carbonyl (C=O) groups is 2. The number of Topliss-reactive ketones (excluding diaryl/α,β-unsaturated/α-hetero) is 1. The van der Waals surface area contributed by atoms with E-state index in [9.17, 15) is 14.9 Å². The number of para-hydroxylation sites is 2. The number of allylic oxidation sites excluding steroid dienone is 3. The first kappa shape index (κ1) is 22.8. The molecule has 0 radical (unpaired) electrons. The van der Waals surface area contributed by atoms with Crippen molar-refractivity contribution in [2.24, 2.45) is 0 Å². The van der Waals surface area contributed by atoms with Gasteiger partial charge in [0.15, 0.2) is 5.78 Å². The Morgan fingerprint density at radius 3 is 2.31 bits per heavy atom. The third-order valence-electron chi connectivity index (χ3n) is 6.11. The van der Waals surface area contributed by atoms with Gasteiger partial charge in [-0.25, -0.2) is 0 Å². The largest absolute Gasteiger partial charge is 0.468 e. The Hall–Kier alpha value is -4.02. The minimum atomic E-state index is -0.559. The maximum absolute atomic E-state index is 13.5. The number of nitrogens with zero attached hydrogens (tertiary/aromatic N) is 2. The molecule has 2 aromatic carbocycles. The number of ketones is 1. The van der Waals surface area contributed by atoms with Crippen molar-refractivity contribution in [3.8, 4) is 6.07 Å². The van der Waals surface area contributed by atoms with Gasteiger partial charge in [-0.05, 0) is 49.2 Å². The Balaban J connectivity index is 1.46. The molecule has 0 unspecified atom stereocenters. The zero-order valence-corrected chi connectivity index (χ0v) is 19.8. The summed E-state index contributed by atoms with van der Waals surface area (Å²) in [6.07, 6.45) is 3.48. The van der Waals surface area contributed by atoms with Crippen LogP contribution < -0.4 is 10.2 Å². The van der Waals surface area contributed by atoms with Crippen LogP contribution in [0.5, 0.6) is 0 Å². The van der Waals surface area contributed by atoms with E-state index in [0.29, 0.717) is 28.4 Å². The molecule has 0 fully saturated rings. The molecule has 0 saturated heterocycles. The summed E-state index contributed by atoms with van der Waals surface area (Å²) in [5.41, 5.74) is 3.37. The molecule has 0 spiro atoms. The van der Waals surface area contributed by atoms with Gasteiger partial charge in [0.25, 0.3) is 0 Å². The topological polar surface area (TPSA) is 86.3 Å². The molecule has 3 aromatic rings. The fourth-order valence-electron chi connectivity index (χ4n) is 4.57. The highest BCUT2D eigenvalue weighted by atomic mass is 32.2. The Morgan fingerprint density at radius 2 is 1.71 bits per heavy atom. The molecule has 1 atom stereocenters. The molecule has 1 aliphatic carbocycles. The van der Waals surface area contributed by atoms with Crippen molar-refractivity contribution in [2.45, 2.75) is 25.2 Å². The van der Waals surface area contributed by atoms with Crippen LogP contribution in [0.2, 0.25) is 0 Å². The van der Waals surface area contributed by atoms with Crippen LogP contribution in [0.3, 0.4) is 0 Å². The molecule has 35 heavy (non-hydrogen) atoms. The molecule has 1 amide bonds. The third kappa shape index (κ3) is 4.53. The Morgan fingerprint density at radius 1 is 1.03 bits per heavy atom. The lowest BCUT2D eigenvalue weighted by Crippen LogP contribution is -2.32. The van der Waals surface area contributed by atoms with Crippen molar-refractivity contribution in [1.82, 2.24) is 5.32 Å². The second-order valence-electron chi connectivity index (χ2n) is 8.29. The fourth-order valence-corrected chi connectivity index (χ4v) is 5.48. The van der Waals surface area contributed by atoms with Crippen molar-refractivity contribution >= 4 is 34.8 Å². The van der Waals surface area contributed by atoms with E-state index in [1.54, 1.807) is 23.3 Å². The number of amides is 1. The van der Waals surface area contributed by atoms with Gasteiger partial charge in [-0.3, -0.25) is 14.5 Å². The number of carbonyl (C=O) groups excluding carboxylic acids is 2. The number of furan rings is 1. The lowest BCUT2D eigenvalue weighted by atomic mass is 9.79. The molecular weight excluding hydrogens is 458 g/mol. The number of hydrogen-bond donors (Lipinski definition) is 1. The number of rotatable bonds is 6. The van der Waals surface area contributed by atoms with Crippen LogP contribution in [0.25, 0.3) is 0 Å². The summed E-state index contributed by atoms with van der Waals surface area (Å²) in [7, 11) is 0. The Bertz CT molecular complexity index is 1300. The first-order valence-corrected chi connectivity index (χ1v) is 12.4. The Labute approximate surface area is 207 Å². The summed E-state index contributed by atoms with van der Waals surface area (Å²) in [6.45, 7) is 0. The van der Waals surface area contributed by atoms with E-state index in [1.165, 1.54) is 11.8 Å². The van der Waals surface area contributed by atoms with Gasteiger partial charge in [-0.2, -0.15) is 5.26 Å². The van der Waals surface area contributed by atoms with Gasteiger partial charge in [-0.1, -0.05) is 48.2 Å². The molecule has 2 heterocycles. The monoisotopic (exact) mass is 481 g/mol. The van der Waals surface area contributed by atoms with Gasteiger partial charge in [-0.15, -0.1) is 0 Å². The minimum absolute atomic E-state index is 0.0346. The average Bonchev–Trinajstić information content (AvgIpc) is 3.43. The zero-order valence-electron chi connectivity index (χ0n) is 18.9. The van der Waals surface area contributed by atoms with Crippen LogP contribution in [0.15, 0.2) is 105 Å². The summed E-state index contributed by atoms with van der Waals surface area (Å²) in [5, 5.41) is 14.0. The van der Waals surface area contributed by atoms with Crippen LogP contribution in [0.4, 0.5) is 11.4 Å². The standard InChI is InChI=1S/C28H23N3O3S/c29-17-21-26(24-15-8-16-34-24)27-22(13-7-14-23(27)32)30-28(21)35-18-25(33)31(19-9-3-1-4-10-19)20-11-5-2-6-12-20/h1-6,8-12,15-16,26,30H,7,13-14,18H2/t26-/m1/s1. The van der Waals surface area contributed by atoms with Gasteiger partial charge < -0.3 is 9.73 Å². The van der Waals surface area contributed by atoms with Crippen LogP contribution in [-0.2, 0) is 9.59 Å². The van der Waals surface area contributed by atoms with E-state index in [2.05, 4.69) is 11.4 Å². The highest BCUT2D eigenvalue weighted by Crippen LogP contribution is 2.44. The van der Waals surface area contributed by atoms with E-state index in [-0.39, 0.29) is 17.4 Å². The predicted octanol–water partition coefficient (Wildman–Crippen LogP) is 5.81. The van der Waals surface area contributed by atoms with Gasteiger partial charge in [0.05, 0.1) is 34.6 Å². The second-order valence-corrected chi connectivity index (χ2v) is 9.27. The quantitative estimate of drug-likeness (QED) is 0.478. The third-order valence-corrected chi connectivity index (χ3v) is 7.11. The lowest BCUT2D eigenvalue weighted by molar-refractivity contribution is -0.116. The van der Waals surface area contributed by atoms with Crippen molar-refractivity contribution < 1.29 is 14.0 Å². The zero-order chi connectivity index (χ0) is 24.2. The summed E-state index contributed by atoms with van der Waals surface area (Å²) >= 11 is 1.28. The highest BCUT2D eigenvalue weighted by Gasteiger charge is 2.38. The number of nitriles is 1. The normalized spacial score (nSPS) is 17.5. The minimum Gasteiger partial charge on any atom is -0.468 e. The van der Waals surface area contributed by atoms with E-state index in [0.717, 1.165) is 29.9 Å².